The molecule has 0 unspecified atom stereocenters. The molecule has 1 fully saturated rings. The van der Waals surface area contributed by atoms with E-state index in [1.54, 1.807) is 0 Å². The normalized spacial score (nSPS) is 27.6. The highest BCUT2D eigenvalue weighted by Crippen LogP contribution is 2.42. The molecule has 0 aromatic heterocycles. The highest BCUT2D eigenvalue weighted by Gasteiger charge is 2.42. The Hall–Kier alpha value is 0.177. The molecule has 1 aliphatic rings. The molecule has 0 radical (unpaired) electrons. The number of hydrogen-bond acceptors (Lipinski definition) is 1. The van der Waals surface area contributed by atoms with Gasteiger partial charge in [-0.05, 0) is 46.1 Å². The highest BCUT2D eigenvalue weighted by atomic mass is 28.3. The molecule has 0 aliphatic carbocycles. The van der Waals surface area contributed by atoms with Gasteiger partial charge in [0.25, 0.3) is 0 Å². The predicted octanol–water partition coefficient (Wildman–Crippen LogP) is 3.64. The Morgan fingerprint density at radius 3 is 1.57 bits per heavy atom. The largest absolute Gasteiger partial charge is 0.307 e. The van der Waals surface area contributed by atoms with Gasteiger partial charge in [-0.2, -0.15) is 0 Å². The summed E-state index contributed by atoms with van der Waals surface area (Å²) in [6.07, 6.45) is 2.71. The fourth-order valence-corrected chi connectivity index (χ4v) is 5.18. The van der Waals surface area contributed by atoms with Crippen LogP contribution in [0.1, 0.15) is 40.5 Å². The van der Waals surface area contributed by atoms with Crippen LogP contribution in [0.15, 0.2) is 0 Å². The van der Waals surface area contributed by atoms with Crippen LogP contribution in [0.5, 0.6) is 0 Å². The minimum atomic E-state index is -0.974. The van der Waals surface area contributed by atoms with Crippen LogP contribution in [0.3, 0.4) is 0 Å². The molecule has 1 aliphatic heterocycles. The van der Waals surface area contributed by atoms with E-state index in [9.17, 15) is 0 Å². The first kappa shape index (κ1) is 12.2. The van der Waals surface area contributed by atoms with Crippen molar-refractivity contribution in [1.29, 1.82) is 0 Å². The van der Waals surface area contributed by atoms with Crippen molar-refractivity contribution in [3.8, 4) is 0 Å². The molecular formula is C12H27NSi. The zero-order valence-electron chi connectivity index (χ0n) is 11.0. The summed E-state index contributed by atoms with van der Waals surface area (Å²) in [6, 6.07) is 0. The quantitative estimate of drug-likeness (QED) is 0.656. The monoisotopic (exact) mass is 213 g/mol. The summed E-state index contributed by atoms with van der Waals surface area (Å²) in [5.41, 5.74) is 1.62. The van der Waals surface area contributed by atoms with Crippen molar-refractivity contribution in [2.24, 2.45) is 0 Å². The van der Waals surface area contributed by atoms with Gasteiger partial charge in [0.05, 0.1) is 0 Å². The molecule has 0 aromatic carbocycles. The molecular weight excluding hydrogens is 186 g/mol. The second-order valence-corrected chi connectivity index (χ2v) is 12.9. The number of nitrogens with one attached hydrogen (secondary N) is 1. The van der Waals surface area contributed by atoms with E-state index in [-0.39, 0.29) is 0 Å². The Kier molecular flexibility index (Phi) is 2.92. The Morgan fingerprint density at radius 1 is 0.929 bits per heavy atom. The SMILES string of the molecule is CC1(C)CC([Si](C)(C)C)CC(C)(C)N1. The maximum Gasteiger partial charge on any atom is 0.0475 e. The molecule has 0 atom stereocenters. The lowest BCUT2D eigenvalue weighted by Gasteiger charge is -2.50. The summed E-state index contributed by atoms with van der Waals surface area (Å²) < 4.78 is 0. The van der Waals surface area contributed by atoms with Crippen LogP contribution in [0.4, 0.5) is 0 Å². The van der Waals surface area contributed by atoms with Crippen LogP contribution in [0.25, 0.3) is 0 Å². The minimum absolute atomic E-state index is 0.326. The molecule has 84 valence electrons. The van der Waals surface area contributed by atoms with E-state index in [0.29, 0.717) is 11.1 Å². The van der Waals surface area contributed by atoms with Crippen molar-refractivity contribution < 1.29 is 0 Å². The molecule has 0 bridgehead atoms. The summed E-state index contributed by atoms with van der Waals surface area (Å²) in [5, 5.41) is 3.76. The van der Waals surface area contributed by atoms with Crippen molar-refractivity contribution in [3.05, 3.63) is 0 Å². The molecule has 1 heterocycles. The van der Waals surface area contributed by atoms with E-state index in [2.05, 4.69) is 52.7 Å². The zero-order chi connectivity index (χ0) is 11.2. The average Bonchev–Trinajstić information content (AvgIpc) is 1.76. The predicted molar refractivity (Wildman–Crippen MR) is 67.6 cm³/mol. The van der Waals surface area contributed by atoms with Gasteiger partial charge in [0.2, 0.25) is 0 Å². The Bertz CT molecular complexity index is 197. The van der Waals surface area contributed by atoms with Gasteiger partial charge in [-0.25, -0.2) is 0 Å². The van der Waals surface area contributed by atoms with E-state index >= 15 is 0 Å². The molecule has 14 heavy (non-hydrogen) atoms. The van der Waals surface area contributed by atoms with E-state index in [1.165, 1.54) is 12.8 Å². The summed E-state index contributed by atoms with van der Waals surface area (Å²) in [4.78, 5) is 0. The molecule has 1 rings (SSSR count). The molecule has 0 amide bonds. The summed E-state index contributed by atoms with van der Waals surface area (Å²) in [6.45, 7) is 16.9. The Balaban J connectivity index is 2.82. The van der Waals surface area contributed by atoms with E-state index in [1.807, 2.05) is 0 Å². The van der Waals surface area contributed by atoms with Gasteiger partial charge in [0.15, 0.2) is 0 Å². The van der Waals surface area contributed by atoms with Crippen LogP contribution in [0, 0.1) is 0 Å². The van der Waals surface area contributed by atoms with E-state index in [4.69, 9.17) is 0 Å². The maximum absolute atomic E-state index is 3.76. The van der Waals surface area contributed by atoms with Crippen LogP contribution >= 0.6 is 0 Å². The lowest BCUT2D eigenvalue weighted by atomic mass is 9.82. The third-order valence-electron chi connectivity index (χ3n) is 3.41. The molecule has 0 saturated carbocycles. The molecule has 0 aromatic rings. The van der Waals surface area contributed by atoms with Gasteiger partial charge in [-0.1, -0.05) is 19.6 Å². The van der Waals surface area contributed by atoms with Crippen molar-refractivity contribution in [2.75, 3.05) is 0 Å². The topological polar surface area (TPSA) is 12.0 Å². The molecule has 1 saturated heterocycles. The van der Waals surface area contributed by atoms with Crippen LogP contribution in [-0.4, -0.2) is 19.2 Å². The first-order valence-corrected chi connectivity index (χ1v) is 9.39. The van der Waals surface area contributed by atoms with Crippen LogP contribution in [0.2, 0.25) is 25.2 Å². The smallest absolute Gasteiger partial charge is 0.0475 e. The standard InChI is InChI=1S/C12H27NSi/c1-11(2)8-10(14(5,6)7)9-12(3,4)13-11/h10,13H,8-9H2,1-7H3. The zero-order valence-corrected chi connectivity index (χ0v) is 12.0. The third-order valence-corrected chi connectivity index (χ3v) is 6.27. The minimum Gasteiger partial charge on any atom is -0.307 e. The first-order chi connectivity index (χ1) is 6.02. The summed E-state index contributed by atoms with van der Waals surface area (Å²) >= 11 is 0. The van der Waals surface area contributed by atoms with Gasteiger partial charge >= 0.3 is 0 Å². The molecule has 1 N–H and O–H groups in total. The number of rotatable bonds is 1. The Morgan fingerprint density at radius 2 is 1.29 bits per heavy atom. The summed E-state index contributed by atoms with van der Waals surface area (Å²) in [5.74, 6) is 0. The third kappa shape index (κ3) is 3.09. The lowest BCUT2D eigenvalue weighted by molar-refractivity contribution is 0.180. The van der Waals surface area contributed by atoms with Crippen molar-refractivity contribution in [2.45, 2.75) is 76.8 Å². The van der Waals surface area contributed by atoms with Crippen molar-refractivity contribution in [3.63, 3.8) is 0 Å². The highest BCUT2D eigenvalue weighted by molar-refractivity contribution is 6.77. The van der Waals surface area contributed by atoms with E-state index < -0.39 is 8.07 Å². The van der Waals surface area contributed by atoms with Gasteiger partial charge in [0, 0.05) is 19.2 Å². The van der Waals surface area contributed by atoms with Gasteiger partial charge < -0.3 is 5.32 Å². The maximum atomic E-state index is 3.76. The Labute approximate surface area is 90.7 Å². The molecule has 1 nitrogen and oxygen atoms in total. The van der Waals surface area contributed by atoms with Crippen molar-refractivity contribution >= 4 is 8.07 Å². The fourth-order valence-electron chi connectivity index (χ4n) is 2.93. The molecule has 0 spiro atoms. The molecule has 2 heteroatoms. The second-order valence-electron chi connectivity index (χ2n) is 7.36. The van der Waals surface area contributed by atoms with Gasteiger partial charge in [0.1, 0.15) is 0 Å². The summed E-state index contributed by atoms with van der Waals surface area (Å²) in [7, 11) is -0.974. The van der Waals surface area contributed by atoms with Gasteiger partial charge in [-0.3, -0.25) is 0 Å². The average molecular weight is 213 g/mol. The van der Waals surface area contributed by atoms with E-state index in [0.717, 1.165) is 5.54 Å². The van der Waals surface area contributed by atoms with Crippen LogP contribution < -0.4 is 5.32 Å². The lowest BCUT2D eigenvalue weighted by Crippen LogP contribution is -2.59. The second kappa shape index (κ2) is 3.34. The van der Waals surface area contributed by atoms with Crippen LogP contribution in [-0.2, 0) is 0 Å². The van der Waals surface area contributed by atoms with Gasteiger partial charge in [-0.15, -0.1) is 0 Å². The number of piperidine rings is 1. The number of hydrogen-bond donors (Lipinski definition) is 1. The van der Waals surface area contributed by atoms with Crippen molar-refractivity contribution in [1.82, 2.24) is 5.32 Å². The fraction of sp³-hybridized carbons (Fsp3) is 1.00. The first-order valence-electron chi connectivity index (χ1n) is 5.81.